The maximum atomic E-state index is 12.2. The number of rotatable bonds is 6. The Hall–Kier alpha value is -3.83. The highest BCUT2D eigenvalue weighted by molar-refractivity contribution is 6.30. The molecule has 3 aromatic rings. The summed E-state index contributed by atoms with van der Waals surface area (Å²) in [6.07, 6.45) is 0. The molecule has 1 N–H and O–H groups in total. The number of ether oxygens (including phenoxy) is 1. The van der Waals surface area contributed by atoms with Crippen LogP contribution in [0.4, 0.5) is 11.6 Å². The monoisotopic (exact) mass is 411 g/mol. The summed E-state index contributed by atoms with van der Waals surface area (Å²) >= 11 is 5.89. The van der Waals surface area contributed by atoms with Crippen LogP contribution >= 0.6 is 11.6 Å². The van der Waals surface area contributed by atoms with Crippen LogP contribution in [0.25, 0.3) is 11.3 Å². The molecule has 1 aromatic heterocycles. The Morgan fingerprint density at radius 2 is 2.10 bits per heavy atom. The molecule has 0 aliphatic heterocycles. The first-order chi connectivity index (χ1) is 13.9. The molecule has 2 aromatic carbocycles. The van der Waals surface area contributed by atoms with Crippen molar-refractivity contribution in [3.05, 3.63) is 74.8 Å². The number of furan rings is 1. The number of nitrogens with zero attached hydrogens (tertiary/aromatic N) is 2. The molecule has 0 aliphatic carbocycles. The lowest BCUT2D eigenvalue weighted by atomic mass is 10.1. The highest BCUT2D eigenvalue weighted by Gasteiger charge is 2.17. The van der Waals surface area contributed by atoms with E-state index in [0.29, 0.717) is 16.3 Å². The first kappa shape index (κ1) is 19.9. The average molecular weight is 412 g/mol. The molecule has 0 saturated carbocycles. The number of nitro benzene ring substituents is 1. The highest BCUT2D eigenvalue weighted by Crippen LogP contribution is 2.31. The van der Waals surface area contributed by atoms with E-state index in [-0.39, 0.29) is 29.5 Å². The van der Waals surface area contributed by atoms with Crippen LogP contribution in [-0.4, -0.2) is 17.4 Å². The van der Waals surface area contributed by atoms with Crippen molar-refractivity contribution in [3.63, 3.8) is 0 Å². The Kier molecular flexibility index (Phi) is 5.81. The lowest BCUT2D eigenvalue weighted by Crippen LogP contribution is -2.20. The zero-order valence-electron chi connectivity index (χ0n) is 15.1. The standard InChI is InChI=1S/C20H14ClN3O5/c1-12-7-15(21)5-6-17(12)28-11-19(25)23-20-14(10-22)9-18(29-20)13-3-2-4-16(8-13)24(26)27/h2-9H,11H2,1H3,(H,23,25). The number of hydrogen-bond acceptors (Lipinski definition) is 6. The molecule has 0 bridgehead atoms. The third-order valence-corrected chi connectivity index (χ3v) is 4.18. The van der Waals surface area contributed by atoms with Gasteiger partial charge in [-0.05, 0) is 30.7 Å². The molecule has 29 heavy (non-hydrogen) atoms. The molecule has 146 valence electrons. The summed E-state index contributed by atoms with van der Waals surface area (Å²) in [5, 5.41) is 23.3. The lowest BCUT2D eigenvalue weighted by Gasteiger charge is -2.09. The second-order valence-electron chi connectivity index (χ2n) is 6.02. The van der Waals surface area contributed by atoms with Crippen LogP contribution in [0.5, 0.6) is 5.75 Å². The summed E-state index contributed by atoms with van der Waals surface area (Å²) < 4.78 is 11.0. The lowest BCUT2D eigenvalue weighted by molar-refractivity contribution is -0.384. The first-order valence-corrected chi connectivity index (χ1v) is 8.72. The molecule has 0 aliphatic rings. The molecule has 0 saturated heterocycles. The number of amides is 1. The van der Waals surface area contributed by atoms with Gasteiger partial charge in [-0.3, -0.25) is 20.2 Å². The minimum atomic E-state index is -0.532. The van der Waals surface area contributed by atoms with E-state index in [1.54, 1.807) is 31.2 Å². The van der Waals surface area contributed by atoms with E-state index in [2.05, 4.69) is 5.32 Å². The van der Waals surface area contributed by atoms with E-state index >= 15 is 0 Å². The Morgan fingerprint density at radius 3 is 2.79 bits per heavy atom. The Balaban J connectivity index is 1.74. The fourth-order valence-electron chi connectivity index (χ4n) is 2.56. The maximum Gasteiger partial charge on any atom is 0.270 e. The summed E-state index contributed by atoms with van der Waals surface area (Å²) in [5.41, 5.74) is 1.15. The van der Waals surface area contributed by atoms with Crippen molar-refractivity contribution in [2.24, 2.45) is 0 Å². The summed E-state index contributed by atoms with van der Waals surface area (Å²) in [5.74, 6) is 0.128. The number of anilines is 1. The van der Waals surface area contributed by atoms with E-state index in [9.17, 15) is 20.2 Å². The van der Waals surface area contributed by atoms with Gasteiger partial charge in [-0.15, -0.1) is 0 Å². The smallest absolute Gasteiger partial charge is 0.270 e. The Morgan fingerprint density at radius 1 is 1.31 bits per heavy atom. The van der Waals surface area contributed by atoms with Gasteiger partial charge in [0.05, 0.1) is 4.92 Å². The molecule has 9 heteroatoms. The number of halogens is 1. The van der Waals surface area contributed by atoms with E-state index in [1.165, 1.54) is 24.3 Å². The SMILES string of the molecule is Cc1cc(Cl)ccc1OCC(=O)Nc1oc(-c2cccc([N+](=O)[O-])c2)cc1C#N. The average Bonchev–Trinajstić information content (AvgIpc) is 3.10. The molecule has 8 nitrogen and oxygen atoms in total. The van der Waals surface area contributed by atoms with Gasteiger partial charge < -0.3 is 9.15 Å². The first-order valence-electron chi connectivity index (χ1n) is 8.35. The van der Waals surface area contributed by atoms with Crippen molar-refractivity contribution >= 4 is 29.1 Å². The summed E-state index contributed by atoms with van der Waals surface area (Å²) in [4.78, 5) is 22.6. The van der Waals surface area contributed by atoms with E-state index in [0.717, 1.165) is 5.56 Å². The van der Waals surface area contributed by atoms with Gasteiger partial charge in [0.1, 0.15) is 23.1 Å². The van der Waals surface area contributed by atoms with Gasteiger partial charge >= 0.3 is 0 Å². The molecule has 0 spiro atoms. The zero-order valence-corrected chi connectivity index (χ0v) is 15.9. The van der Waals surface area contributed by atoms with E-state index in [1.807, 2.05) is 6.07 Å². The number of nitrogens with one attached hydrogen (secondary N) is 1. The predicted molar refractivity (Wildman–Crippen MR) is 106 cm³/mol. The number of aryl methyl sites for hydroxylation is 1. The van der Waals surface area contributed by atoms with Gasteiger partial charge in [-0.2, -0.15) is 5.26 Å². The van der Waals surface area contributed by atoms with Gasteiger partial charge in [0.2, 0.25) is 5.88 Å². The summed E-state index contributed by atoms with van der Waals surface area (Å²) in [7, 11) is 0. The van der Waals surface area contributed by atoms with Crippen LogP contribution in [-0.2, 0) is 4.79 Å². The molecule has 0 fully saturated rings. The number of carbonyl (C=O) groups excluding carboxylic acids is 1. The van der Waals surface area contributed by atoms with Crippen LogP contribution < -0.4 is 10.1 Å². The highest BCUT2D eigenvalue weighted by atomic mass is 35.5. The van der Waals surface area contributed by atoms with Gasteiger partial charge in [0.15, 0.2) is 6.61 Å². The van der Waals surface area contributed by atoms with Gasteiger partial charge in [0.25, 0.3) is 11.6 Å². The second kappa shape index (κ2) is 8.46. The number of benzene rings is 2. The second-order valence-corrected chi connectivity index (χ2v) is 6.46. The Bertz CT molecular complexity index is 1130. The molecule has 0 atom stereocenters. The van der Waals surface area contributed by atoms with Crippen LogP contribution in [0, 0.1) is 28.4 Å². The Labute approximate surface area is 170 Å². The molecule has 3 rings (SSSR count). The van der Waals surface area contributed by atoms with Gasteiger partial charge in [0, 0.05) is 28.8 Å². The van der Waals surface area contributed by atoms with Crippen LogP contribution in [0.15, 0.2) is 52.9 Å². The number of hydrogen-bond donors (Lipinski definition) is 1. The van der Waals surface area contributed by atoms with Crippen molar-refractivity contribution in [2.45, 2.75) is 6.92 Å². The van der Waals surface area contributed by atoms with Crippen molar-refractivity contribution in [1.82, 2.24) is 0 Å². The predicted octanol–water partition coefficient (Wildman–Crippen LogP) is 4.71. The van der Waals surface area contributed by atoms with Gasteiger partial charge in [-0.25, -0.2) is 0 Å². The number of nitriles is 1. The molecule has 1 amide bonds. The largest absolute Gasteiger partial charge is 0.483 e. The number of non-ortho nitro benzene ring substituents is 1. The van der Waals surface area contributed by atoms with Gasteiger partial charge in [-0.1, -0.05) is 23.7 Å². The molecule has 1 heterocycles. The van der Waals surface area contributed by atoms with E-state index in [4.69, 9.17) is 20.8 Å². The quantitative estimate of drug-likeness (QED) is 0.463. The number of carbonyl (C=O) groups is 1. The van der Waals surface area contributed by atoms with Crippen LogP contribution in [0.2, 0.25) is 5.02 Å². The van der Waals surface area contributed by atoms with Crippen molar-refractivity contribution in [1.29, 1.82) is 5.26 Å². The molecule has 0 unspecified atom stereocenters. The third kappa shape index (κ3) is 4.72. The fourth-order valence-corrected chi connectivity index (χ4v) is 2.79. The topological polar surface area (TPSA) is 118 Å². The van der Waals surface area contributed by atoms with Crippen molar-refractivity contribution in [2.75, 3.05) is 11.9 Å². The van der Waals surface area contributed by atoms with Crippen molar-refractivity contribution in [3.8, 4) is 23.1 Å². The van der Waals surface area contributed by atoms with Crippen molar-refractivity contribution < 1.29 is 18.9 Å². The minimum absolute atomic E-state index is 0.0598. The van der Waals surface area contributed by atoms with Crippen LogP contribution in [0.3, 0.4) is 0 Å². The molecule has 0 radical (unpaired) electrons. The zero-order chi connectivity index (χ0) is 21.0. The summed E-state index contributed by atoms with van der Waals surface area (Å²) in [6, 6.07) is 14.1. The number of nitro groups is 1. The molecular weight excluding hydrogens is 398 g/mol. The summed E-state index contributed by atoms with van der Waals surface area (Å²) in [6.45, 7) is 1.49. The van der Waals surface area contributed by atoms with E-state index < -0.39 is 10.8 Å². The normalized spacial score (nSPS) is 10.2. The van der Waals surface area contributed by atoms with Crippen LogP contribution in [0.1, 0.15) is 11.1 Å². The minimum Gasteiger partial charge on any atom is -0.483 e. The fraction of sp³-hybridized carbons (Fsp3) is 0.100. The third-order valence-electron chi connectivity index (χ3n) is 3.94. The maximum absolute atomic E-state index is 12.2. The molecular formula is C20H14ClN3O5.